The fourth-order valence-corrected chi connectivity index (χ4v) is 3.20. The van der Waals surface area contributed by atoms with E-state index in [9.17, 15) is 13.2 Å². The summed E-state index contributed by atoms with van der Waals surface area (Å²) < 4.78 is 43.9. The largest absolute Gasteiger partial charge is 0.416 e. The molecule has 26 heavy (non-hydrogen) atoms. The molecule has 0 radical (unpaired) electrons. The topological polar surface area (TPSA) is 58.3 Å². The van der Waals surface area contributed by atoms with Crippen LogP contribution >= 0.6 is 0 Å². The van der Waals surface area contributed by atoms with Gasteiger partial charge in [0, 0.05) is 31.9 Å². The lowest BCUT2D eigenvalue weighted by molar-refractivity contribution is -0.137. The second kappa shape index (κ2) is 6.15. The quantitative estimate of drug-likeness (QED) is 0.697. The van der Waals surface area contributed by atoms with Gasteiger partial charge in [-0.3, -0.25) is 0 Å². The molecule has 1 saturated heterocycles. The van der Waals surface area contributed by atoms with Crippen molar-refractivity contribution >= 4 is 22.6 Å². The maximum absolute atomic E-state index is 12.9. The number of benzene rings is 1. The summed E-state index contributed by atoms with van der Waals surface area (Å²) in [6.45, 7) is 4.28. The van der Waals surface area contributed by atoms with E-state index in [1.165, 1.54) is 18.5 Å². The Bertz CT molecular complexity index is 932. The Morgan fingerprint density at radius 2 is 1.77 bits per heavy atom. The van der Waals surface area contributed by atoms with Gasteiger partial charge >= 0.3 is 6.18 Å². The molecule has 136 valence electrons. The normalized spacial score (nSPS) is 15.7. The van der Waals surface area contributed by atoms with Crippen molar-refractivity contribution < 1.29 is 17.7 Å². The molecule has 0 N–H and O–H groups in total. The molecule has 0 spiro atoms. The molecule has 6 nitrogen and oxygen atoms in total. The van der Waals surface area contributed by atoms with Crippen LogP contribution < -0.4 is 9.80 Å². The summed E-state index contributed by atoms with van der Waals surface area (Å²) in [7, 11) is 0. The van der Waals surface area contributed by atoms with E-state index < -0.39 is 11.7 Å². The molecule has 3 heterocycles. The van der Waals surface area contributed by atoms with Gasteiger partial charge in [0.15, 0.2) is 0 Å². The van der Waals surface area contributed by atoms with Crippen LogP contribution in [0.5, 0.6) is 0 Å². The predicted molar refractivity (Wildman–Crippen MR) is 90.2 cm³/mol. The number of hydrogen-bond acceptors (Lipinski definition) is 6. The van der Waals surface area contributed by atoms with Gasteiger partial charge in [-0.2, -0.15) is 18.2 Å². The number of anilines is 2. The molecule has 1 aromatic carbocycles. The zero-order valence-electron chi connectivity index (χ0n) is 14.0. The maximum Gasteiger partial charge on any atom is 0.416 e. The van der Waals surface area contributed by atoms with Crippen LogP contribution in [0.4, 0.5) is 24.7 Å². The smallest absolute Gasteiger partial charge is 0.368 e. The summed E-state index contributed by atoms with van der Waals surface area (Å²) in [5.74, 6) is 0.748. The van der Waals surface area contributed by atoms with Crippen molar-refractivity contribution in [3.05, 3.63) is 41.9 Å². The zero-order valence-corrected chi connectivity index (χ0v) is 14.0. The van der Waals surface area contributed by atoms with Crippen LogP contribution in [0, 0.1) is 6.92 Å². The van der Waals surface area contributed by atoms with Gasteiger partial charge in [0.05, 0.1) is 11.3 Å². The van der Waals surface area contributed by atoms with Gasteiger partial charge < -0.3 is 14.3 Å². The number of halogens is 3. The van der Waals surface area contributed by atoms with Crippen LogP contribution in [0.25, 0.3) is 11.1 Å². The van der Waals surface area contributed by atoms with Gasteiger partial charge in [0.2, 0.25) is 0 Å². The summed E-state index contributed by atoms with van der Waals surface area (Å²) in [5.41, 5.74) is 1.10. The lowest BCUT2D eigenvalue weighted by Gasteiger charge is -2.37. The van der Waals surface area contributed by atoms with Crippen LogP contribution in [-0.2, 0) is 6.18 Å². The van der Waals surface area contributed by atoms with Crippen LogP contribution in [0.2, 0.25) is 0 Å². The Balaban J connectivity index is 1.53. The number of hydrogen-bond donors (Lipinski definition) is 0. The second-order valence-electron chi connectivity index (χ2n) is 6.17. The minimum atomic E-state index is -4.34. The van der Waals surface area contributed by atoms with Gasteiger partial charge in [-0.1, -0.05) is 11.2 Å². The third kappa shape index (κ3) is 2.93. The Hall–Kier alpha value is -2.84. The first-order valence-electron chi connectivity index (χ1n) is 8.17. The molecule has 1 aliphatic rings. The number of fused-ring (bicyclic) bond motifs is 1. The van der Waals surface area contributed by atoms with E-state index >= 15 is 0 Å². The van der Waals surface area contributed by atoms with Crippen LogP contribution in [0.15, 0.2) is 35.1 Å². The van der Waals surface area contributed by atoms with Crippen molar-refractivity contribution in [1.82, 2.24) is 15.1 Å². The molecule has 2 aromatic heterocycles. The summed E-state index contributed by atoms with van der Waals surface area (Å²) in [6.07, 6.45) is -2.91. The Morgan fingerprint density at radius 3 is 2.50 bits per heavy atom. The highest BCUT2D eigenvalue weighted by Gasteiger charge is 2.31. The van der Waals surface area contributed by atoms with Gasteiger partial charge in [-0.15, -0.1) is 0 Å². The van der Waals surface area contributed by atoms with Crippen molar-refractivity contribution in [3.8, 4) is 0 Å². The van der Waals surface area contributed by atoms with E-state index in [4.69, 9.17) is 4.52 Å². The number of nitrogens with zero attached hydrogens (tertiary/aromatic N) is 5. The molecule has 1 aliphatic heterocycles. The highest BCUT2D eigenvalue weighted by molar-refractivity contribution is 5.87. The number of rotatable bonds is 2. The first-order valence-corrected chi connectivity index (χ1v) is 8.17. The zero-order chi connectivity index (χ0) is 18.3. The summed E-state index contributed by atoms with van der Waals surface area (Å²) in [6, 6.07) is 5.44. The monoisotopic (exact) mass is 363 g/mol. The minimum absolute atomic E-state index is 0.438. The van der Waals surface area contributed by atoms with Gasteiger partial charge in [0.25, 0.3) is 5.71 Å². The Kier molecular flexibility index (Phi) is 3.93. The number of aryl methyl sites for hydroxylation is 1. The molecule has 0 amide bonds. The standard InChI is InChI=1S/C17H16F3N5O/c1-11-14-15(21-10-22-16(14)26-23-11)25-7-5-24(6-8-25)13-4-2-3-12(9-13)17(18,19)20/h2-4,9-10H,5-8H2,1H3. The molecular weight excluding hydrogens is 347 g/mol. The van der Waals surface area contributed by atoms with Gasteiger partial charge in [-0.05, 0) is 25.1 Å². The number of aromatic nitrogens is 3. The van der Waals surface area contributed by atoms with E-state index in [2.05, 4.69) is 20.0 Å². The van der Waals surface area contributed by atoms with E-state index in [-0.39, 0.29) is 0 Å². The molecule has 3 aromatic rings. The summed E-state index contributed by atoms with van der Waals surface area (Å²) in [5, 5.41) is 4.70. The average molecular weight is 363 g/mol. The molecule has 0 unspecified atom stereocenters. The van der Waals surface area contributed by atoms with Crippen molar-refractivity contribution in [2.75, 3.05) is 36.0 Å². The number of alkyl halides is 3. The van der Waals surface area contributed by atoms with E-state index in [0.29, 0.717) is 37.6 Å². The average Bonchev–Trinajstić information content (AvgIpc) is 3.03. The molecule has 0 bridgehead atoms. The van der Waals surface area contributed by atoms with Crippen LogP contribution in [0.1, 0.15) is 11.3 Å². The van der Waals surface area contributed by atoms with Crippen molar-refractivity contribution in [1.29, 1.82) is 0 Å². The molecule has 9 heteroatoms. The minimum Gasteiger partial charge on any atom is -0.368 e. The van der Waals surface area contributed by atoms with E-state index in [1.807, 2.05) is 11.8 Å². The number of piperazine rings is 1. The summed E-state index contributed by atoms with van der Waals surface area (Å²) >= 11 is 0. The van der Waals surface area contributed by atoms with Crippen LogP contribution in [0.3, 0.4) is 0 Å². The lowest BCUT2D eigenvalue weighted by atomic mass is 10.1. The summed E-state index contributed by atoms with van der Waals surface area (Å²) in [4.78, 5) is 12.5. The highest BCUT2D eigenvalue weighted by Crippen LogP contribution is 2.32. The van der Waals surface area contributed by atoms with Crippen molar-refractivity contribution in [2.24, 2.45) is 0 Å². The Labute approximate surface area is 147 Å². The van der Waals surface area contributed by atoms with Crippen LogP contribution in [-0.4, -0.2) is 41.3 Å². The lowest BCUT2D eigenvalue weighted by Crippen LogP contribution is -2.47. The first-order chi connectivity index (χ1) is 12.4. The first kappa shape index (κ1) is 16.6. The fourth-order valence-electron chi connectivity index (χ4n) is 3.20. The molecule has 0 saturated carbocycles. The maximum atomic E-state index is 12.9. The molecule has 0 atom stereocenters. The van der Waals surface area contributed by atoms with Crippen molar-refractivity contribution in [3.63, 3.8) is 0 Å². The van der Waals surface area contributed by atoms with Gasteiger partial charge in [0.1, 0.15) is 17.5 Å². The molecular formula is C17H16F3N5O. The Morgan fingerprint density at radius 1 is 1.04 bits per heavy atom. The van der Waals surface area contributed by atoms with Crippen molar-refractivity contribution in [2.45, 2.75) is 13.1 Å². The SMILES string of the molecule is Cc1noc2ncnc(N3CCN(c4cccc(C(F)(F)F)c4)CC3)c12. The third-order valence-corrected chi connectivity index (χ3v) is 4.54. The fraction of sp³-hybridized carbons (Fsp3) is 0.353. The predicted octanol–water partition coefficient (Wildman–Crippen LogP) is 3.27. The second-order valence-corrected chi connectivity index (χ2v) is 6.17. The van der Waals surface area contributed by atoms with E-state index in [0.717, 1.165) is 23.0 Å². The van der Waals surface area contributed by atoms with Gasteiger partial charge in [-0.25, -0.2) is 4.98 Å². The molecule has 1 fully saturated rings. The third-order valence-electron chi connectivity index (χ3n) is 4.54. The molecule has 4 rings (SSSR count). The highest BCUT2D eigenvalue weighted by atomic mass is 19.4. The molecule has 0 aliphatic carbocycles. The van der Waals surface area contributed by atoms with E-state index in [1.54, 1.807) is 6.07 Å².